The summed E-state index contributed by atoms with van der Waals surface area (Å²) in [6.07, 6.45) is 0.234. The highest BCUT2D eigenvalue weighted by Gasteiger charge is 2.22. The zero-order chi connectivity index (χ0) is 27.1. The molecule has 1 aromatic heterocycles. The first-order chi connectivity index (χ1) is 18.3. The van der Waals surface area contributed by atoms with Crippen molar-refractivity contribution in [2.24, 2.45) is 0 Å². The number of nitro benzene ring substituents is 1. The summed E-state index contributed by atoms with van der Waals surface area (Å²) in [5.74, 6) is -0.921. The molecule has 38 heavy (non-hydrogen) atoms. The summed E-state index contributed by atoms with van der Waals surface area (Å²) in [6.45, 7) is 1.61. The number of hydrogen-bond acceptors (Lipinski definition) is 8. The van der Waals surface area contributed by atoms with Crippen molar-refractivity contribution in [1.29, 1.82) is 0 Å². The summed E-state index contributed by atoms with van der Waals surface area (Å²) in [7, 11) is 0. The Hall–Kier alpha value is -4.48. The fourth-order valence-electron chi connectivity index (χ4n) is 3.81. The molecule has 0 saturated carbocycles. The normalized spacial score (nSPS) is 11.6. The van der Waals surface area contributed by atoms with Crippen LogP contribution in [0.4, 0.5) is 11.4 Å². The van der Waals surface area contributed by atoms with Gasteiger partial charge in [-0.3, -0.25) is 24.4 Å². The summed E-state index contributed by atoms with van der Waals surface area (Å²) >= 11 is 0.960. The van der Waals surface area contributed by atoms with Crippen LogP contribution in [0.25, 0.3) is 11.0 Å². The summed E-state index contributed by atoms with van der Waals surface area (Å²) in [4.78, 5) is 48.7. The van der Waals surface area contributed by atoms with Gasteiger partial charge in [0.25, 0.3) is 5.69 Å². The van der Waals surface area contributed by atoms with Gasteiger partial charge in [0.2, 0.25) is 11.8 Å². The van der Waals surface area contributed by atoms with E-state index in [1.54, 1.807) is 43.3 Å². The van der Waals surface area contributed by atoms with E-state index in [1.807, 2.05) is 30.3 Å². The third-order valence-corrected chi connectivity index (χ3v) is 6.48. The molecule has 0 unspecified atom stereocenters. The Morgan fingerprint density at radius 2 is 1.76 bits per heavy atom. The summed E-state index contributed by atoms with van der Waals surface area (Å²) < 4.78 is 8.07. The van der Waals surface area contributed by atoms with Crippen LogP contribution in [-0.4, -0.2) is 29.3 Å². The predicted molar refractivity (Wildman–Crippen MR) is 145 cm³/mol. The molecule has 11 heteroatoms. The van der Waals surface area contributed by atoms with E-state index < -0.39 is 28.4 Å². The van der Waals surface area contributed by atoms with E-state index in [1.165, 1.54) is 12.1 Å². The van der Waals surface area contributed by atoms with E-state index >= 15 is 0 Å². The first-order valence-electron chi connectivity index (χ1n) is 11.6. The highest BCUT2D eigenvalue weighted by Crippen LogP contribution is 2.26. The molecule has 10 nitrogen and oxygen atoms in total. The van der Waals surface area contributed by atoms with Crippen molar-refractivity contribution in [3.8, 4) is 0 Å². The lowest BCUT2D eigenvalue weighted by atomic mass is 10.0. The molecule has 2 amide bonds. The number of amides is 2. The number of nitro groups is 1. The number of hydrogen-bond donors (Lipinski definition) is 3. The van der Waals surface area contributed by atoms with Crippen LogP contribution < -0.4 is 21.0 Å². The fourth-order valence-corrected chi connectivity index (χ4v) is 4.56. The molecule has 0 aliphatic rings. The zero-order valence-corrected chi connectivity index (χ0v) is 21.1. The topological polar surface area (TPSA) is 144 Å². The molecule has 0 spiro atoms. The molecule has 0 aliphatic carbocycles. The van der Waals surface area contributed by atoms with Crippen LogP contribution >= 0.6 is 11.9 Å². The van der Waals surface area contributed by atoms with Crippen LogP contribution in [0.1, 0.15) is 11.1 Å². The van der Waals surface area contributed by atoms with Crippen LogP contribution in [-0.2, 0) is 16.0 Å². The summed E-state index contributed by atoms with van der Waals surface area (Å²) in [6, 6.07) is 20.9. The van der Waals surface area contributed by atoms with Gasteiger partial charge in [0.05, 0.1) is 11.5 Å². The zero-order valence-electron chi connectivity index (χ0n) is 20.3. The highest BCUT2D eigenvalue weighted by atomic mass is 32.2. The largest absolute Gasteiger partial charge is 0.423 e. The Kier molecular flexibility index (Phi) is 8.51. The smallest absolute Gasteiger partial charge is 0.336 e. The lowest BCUT2D eigenvalue weighted by molar-refractivity contribution is -0.387. The van der Waals surface area contributed by atoms with E-state index in [4.69, 9.17) is 4.42 Å². The number of carbonyl (C=O) groups excluding carboxylic acids is 2. The van der Waals surface area contributed by atoms with Crippen LogP contribution in [0.5, 0.6) is 0 Å². The molecule has 3 N–H and O–H groups in total. The maximum absolute atomic E-state index is 13.2. The standard InChI is InChI=1S/C27H24N4O6S/c1-17-13-26(33)37-23-15-19(11-12-20(17)23)29-27(34)21(14-18-7-3-2-4-8-18)30-25(32)16-28-38-24-10-6-5-9-22(24)31(35)36/h2-13,15,21,28H,14,16H2,1H3,(H,29,34)(H,30,32)/t21-/m0/s1. The first-order valence-corrected chi connectivity index (χ1v) is 12.4. The van der Waals surface area contributed by atoms with E-state index in [-0.39, 0.29) is 18.7 Å². The maximum atomic E-state index is 13.2. The Labute approximate surface area is 221 Å². The van der Waals surface area contributed by atoms with Crippen molar-refractivity contribution >= 4 is 46.1 Å². The minimum absolute atomic E-state index is 0.0758. The molecular formula is C27H24N4O6S. The molecule has 0 aliphatic heterocycles. The molecule has 0 saturated heterocycles. The molecule has 0 bridgehead atoms. The monoisotopic (exact) mass is 532 g/mol. The molecule has 1 heterocycles. The Bertz CT molecular complexity index is 1540. The van der Waals surface area contributed by atoms with Crippen molar-refractivity contribution < 1.29 is 18.9 Å². The predicted octanol–water partition coefficient (Wildman–Crippen LogP) is 3.97. The fraction of sp³-hybridized carbons (Fsp3) is 0.148. The minimum atomic E-state index is -0.914. The van der Waals surface area contributed by atoms with Crippen molar-refractivity contribution in [1.82, 2.24) is 10.0 Å². The average molecular weight is 533 g/mol. The second-order valence-corrected chi connectivity index (χ2v) is 9.34. The lowest BCUT2D eigenvalue weighted by Gasteiger charge is -2.19. The van der Waals surface area contributed by atoms with E-state index in [0.29, 0.717) is 16.2 Å². The van der Waals surface area contributed by atoms with Crippen LogP contribution in [0.3, 0.4) is 0 Å². The van der Waals surface area contributed by atoms with Gasteiger partial charge in [-0.05, 0) is 48.2 Å². The molecule has 4 aromatic rings. The number of carbonyl (C=O) groups is 2. The Morgan fingerprint density at radius 3 is 2.53 bits per heavy atom. The SMILES string of the molecule is Cc1cc(=O)oc2cc(NC(=O)[C@H](Cc3ccccc3)NC(=O)CNSc3ccccc3[N+](=O)[O-])ccc12. The van der Waals surface area contributed by atoms with Gasteiger partial charge in [0.1, 0.15) is 16.5 Å². The summed E-state index contributed by atoms with van der Waals surface area (Å²) in [5.41, 5.74) is 1.79. The van der Waals surface area contributed by atoms with Crippen molar-refractivity contribution in [2.45, 2.75) is 24.3 Å². The molecule has 0 fully saturated rings. The molecule has 194 valence electrons. The van der Waals surface area contributed by atoms with E-state index in [2.05, 4.69) is 15.4 Å². The first kappa shape index (κ1) is 26.6. The number of nitrogens with zero attached hydrogens (tertiary/aromatic N) is 1. The molecule has 1 atom stereocenters. The Morgan fingerprint density at radius 1 is 1.03 bits per heavy atom. The van der Waals surface area contributed by atoms with Crippen LogP contribution in [0.15, 0.2) is 93.0 Å². The number of para-hydroxylation sites is 1. The third-order valence-electron chi connectivity index (χ3n) is 5.63. The average Bonchev–Trinajstić information content (AvgIpc) is 2.88. The second kappa shape index (κ2) is 12.2. The highest BCUT2D eigenvalue weighted by molar-refractivity contribution is 7.97. The van der Waals surface area contributed by atoms with Gasteiger partial charge in [-0.2, -0.15) is 0 Å². The van der Waals surface area contributed by atoms with Gasteiger partial charge in [-0.1, -0.05) is 42.5 Å². The quantitative estimate of drug-likeness (QED) is 0.120. The maximum Gasteiger partial charge on any atom is 0.336 e. The van der Waals surface area contributed by atoms with Gasteiger partial charge in [0.15, 0.2) is 0 Å². The van der Waals surface area contributed by atoms with Gasteiger partial charge < -0.3 is 15.1 Å². The number of fused-ring (bicyclic) bond motifs is 1. The molecule has 0 radical (unpaired) electrons. The number of rotatable bonds is 10. The lowest BCUT2D eigenvalue weighted by Crippen LogP contribution is -2.47. The van der Waals surface area contributed by atoms with Crippen LogP contribution in [0, 0.1) is 17.0 Å². The Balaban J connectivity index is 1.45. The number of aryl methyl sites for hydroxylation is 1. The molecule has 4 rings (SSSR count). The molecule has 3 aromatic carbocycles. The summed E-state index contributed by atoms with van der Waals surface area (Å²) in [5, 5.41) is 17.5. The van der Waals surface area contributed by atoms with Crippen molar-refractivity contribution in [3.63, 3.8) is 0 Å². The van der Waals surface area contributed by atoms with E-state index in [9.17, 15) is 24.5 Å². The van der Waals surface area contributed by atoms with Gasteiger partial charge in [-0.25, -0.2) is 4.79 Å². The number of nitrogens with one attached hydrogen (secondary N) is 3. The number of anilines is 1. The second-order valence-electron chi connectivity index (χ2n) is 8.41. The molecular weight excluding hydrogens is 508 g/mol. The van der Waals surface area contributed by atoms with Gasteiger partial charge >= 0.3 is 5.63 Å². The van der Waals surface area contributed by atoms with Crippen molar-refractivity contribution in [2.75, 3.05) is 11.9 Å². The van der Waals surface area contributed by atoms with Crippen molar-refractivity contribution in [3.05, 3.63) is 111 Å². The number of benzene rings is 3. The van der Waals surface area contributed by atoms with Gasteiger partial charge in [-0.15, -0.1) is 0 Å². The van der Waals surface area contributed by atoms with E-state index in [0.717, 1.165) is 28.5 Å². The minimum Gasteiger partial charge on any atom is -0.423 e. The van der Waals surface area contributed by atoms with Crippen LogP contribution in [0.2, 0.25) is 0 Å². The third kappa shape index (κ3) is 6.84. The van der Waals surface area contributed by atoms with Gasteiger partial charge in [0, 0.05) is 35.7 Å².